The number of sulfonamides is 1. The number of likely N-dealkylation sites (N-methyl/N-ethyl adjacent to an activating group) is 1. The highest BCUT2D eigenvalue weighted by atomic mass is 32.2. The fourth-order valence-corrected chi connectivity index (χ4v) is 5.80. The third-order valence-electron chi connectivity index (χ3n) is 6.48. The summed E-state index contributed by atoms with van der Waals surface area (Å²) in [4.78, 5) is 15.0. The lowest BCUT2D eigenvalue weighted by molar-refractivity contribution is 0.0940. The predicted molar refractivity (Wildman–Crippen MR) is 136 cm³/mol. The Bertz CT molecular complexity index is 1110. The second-order valence-electron chi connectivity index (χ2n) is 9.46. The number of hydrogen-bond donors (Lipinski definition) is 1. The van der Waals surface area contributed by atoms with Crippen LogP contribution in [0.1, 0.15) is 65.3 Å². The van der Waals surface area contributed by atoms with Gasteiger partial charge in [0.05, 0.1) is 18.9 Å². The van der Waals surface area contributed by atoms with E-state index in [1.165, 1.54) is 0 Å². The first-order valence-corrected chi connectivity index (χ1v) is 13.4. The summed E-state index contributed by atoms with van der Waals surface area (Å²) in [6.07, 6.45) is 0. The topological polar surface area (TPSA) is 78.9 Å². The van der Waals surface area contributed by atoms with Gasteiger partial charge < -0.3 is 15.0 Å². The van der Waals surface area contributed by atoms with Gasteiger partial charge in [-0.05, 0) is 73.3 Å². The van der Waals surface area contributed by atoms with E-state index >= 15 is 0 Å². The molecule has 1 fully saturated rings. The van der Waals surface area contributed by atoms with Crippen molar-refractivity contribution in [3.05, 3.63) is 64.2 Å². The molecule has 186 valence electrons. The van der Waals surface area contributed by atoms with Crippen molar-refractivity contribution >= 4 is 15.9 Å². The van der Waals surface area contributed by atoms with Crippen molar-refractivity contribution in [1.82, 2.24) is 14.5 Å². The number of hydrogen-bond acceptors (Lipinski definition) is 5. The third-order valence-corrected chi connectivity index (χ3v) is 8.33. The van der Waals surface area contributed by atoms with Crippen molar-refractivity contribution in [2.24, 2.45) is 0 Å². The van der Waals surface area contributed by atoms with Gasteiger partial charge in [-0.15, -0.1) is 0 Å². The Morgan fingerprint density at radius 1 is 1.03 bits per heavy atom. The van der Waals surface area contributed by atoms with Crippen LogP contribution in [0.15, 0.2) is 36.4 Å². The molecular weight excluding hydrogens is 450 g/mol. The van der Waals surface area contributed by atoms with Crippen LogP contribution in [-0.4, -0.2) is 63.9 Å². The molecule has 0 saturated carbocycles. The summed E-state index contributed by atoms with van der Waals surface area (Å²) >= 11 is 0. The standard InChI is InChI=1S/C26H37N3O4S/c1-18(2)23-16-24(19(3)15-25(23)33-6)20(4)27-26(30)22-9-7-21(8-10-22)17-34(31,32)29-13-11-28(5)12-14-29/h7-10,15-16,18,20H,11-14,17H2,1-6H3,(H,27,30)/t20-/m0/s1. The van der Waals surface area contributed by atoms with Gasteiger partial charge in [-0.1, -0.05) is 26.0 Å². The van der Waals surface area contributed by atoms with Crippen LogP contribution in [0.25, 0.3) is 0 Å². The number of benzene rings is 2. The Morgan fingerprint density at radius 2 is 1.65 bits per heavy atom. The number of ether oxygens (including phenoxy) is 1. The fraction of sp³-hybridized carbons (Fsp3) is 0.500. The number of aryl methyl sites for hydroxylation is 1. The van der Waals surface area contributed by atoms with Gasteiger partial charge in [-0.2, -0.15) is 4.31 Å². The Kier molecular flexibility index (Phi) is 8.38. The lowest BCUT2D eigenvalue weighted by Crippen LogP contribution is -2.47. The number of rotatable bonds is 8. The quantitative estimate of drug-likeness (QED) is 0.614. The molecular formula is C26H37N3O4S. The first kappa shape index (κ1) is 26.2. The number of carbonyl (C=O) groups excluding carboxylic acids is 1. The molecule has 0 aliphatic carbocycles. The van der Waals surface area contributed by atoms with Gasteiger partial charge in [-0.3, -0.25) is 4.79 Å². The summed E-state index contributed by atoms with van der Waals surface area (Å²) in [5, 5.41) is 3.07. The van der Waals surface area contributed by atoms with Crippen LogP contribution in [0.3, 0.4) is 0 Å². The third kappa shape index (κ3) is 6.17. The van der Waals surface area contributed by atoms with Crippen molar-refractivity contribution in [3.8, 4) is 5.75 Å². The second kappa shape index (κ2) is 10.9. The molecule has 1 saturated heterocycles. The average Bonchev–Trinajstić information content (AvgIpc) is 2.78. The maximum Gasteiger partial charge on any atom is 0.251 e. The van der Waals surface area contributed by atoms with Crippen molar-refractivity contribution < 1.29 is 17.9 Å². The molecule has 34 heavy (non-hydrogen) atoms. The molecule has 0 aromatic heterocycles. The average molecular weight is 488 g/mol. The molecule has 1 heterocycles. The highest BCUT2D eigenvalue weighted by Gasteiger charge is 2.26. The van der Waals surface area contributed by atoms with Crippen LogP contribution < -0.4 is 10.1 Å². The van der Waals surface area contributed by atoms with Gasteiger partial charge in [0.15, 0.2) is 0 Å². The van der Waals surface area contributed by atoms with E-state index in [4.69, 9.17) is 4.74 Å². The maximum atomic E-state index is 12.9. The Labute approximate surface area is 204 Å². The van der Waals surface area contributed by atoms with Gasteiger partial charge in [0, 0.05) is 31.7 Å². The highest BCUT2D eigenvalue weighted by Crippen LogP contribution is 2.32. The zero-order valence-corrected chi connectivity index (χ0v) is 21.9. The molecule has 0 radical (unpaired) electrons. The van der Waals surface area contributed by atoms with Gasteiger partial charge in [0.25, 0.3) is 5.91 Å². The monoisotopic (exact) mass is 487 g/mol. The molecule has 0 bridgehead atoms. The molecule has 2 aromatic carbocycles. The summed E-state index contributed by atoms with van der Waals surface area (Å²) in [7, 11) is 0.292. The zero-order chi connectivity index (χ0) is 25.0. The number of nitrogens with zero attached hydrogens (tertiary/aromatic N) is 2. The maximum absolute atomic E-state index is 12.9. The van der Waals surface area contributed by atoms with Crippen LogP contribution >= 0.6 is 0 Å². The number of methoxy groups -OCH3 is 1. The Hall–Kier alpha value is -2.42. The highest BCUT2D eigenvalue weighted by molar-refractivity contribution is 7.88. The number of amides is 1. The second-order valence-corrected chi connectivity index (χ2v) is 11.4. The van der Waals surface area contributed by atoms with Crippen molar-refractivity contribution in [1.29, 1.82) is 0 Å². The van der Waals surface area contributed by atoms with Gasteiger partial charge >= 0.3 is 0 Å². The molecule has 3 rings (SSSR count). The lowest BCUT2D eigenvalue weighted by Gasteiger charge is -2.31. The van der Waals surface area contributed by atoms with E-state index in [1.54, 1.807) is 35.7 Å². The first-order valence-electron chi connectivity index (χ1n) is 11.8. The van der Waals surface area contributed by atoms with E-state index in [0.29, 0.717) is 30.1 Å². The summed E-state index contributed by atoms with van der Waals surface area (Å²) < 4.78 is 32.6. The van der Waals surface area contributed by atoms with E-state index in [0.717, 1.165) is 35.5 Å². The number of nitrogens with one attached hydrogen (secondary N) is 1. The van der Waals surface area contributed by atoms with Crippen molar-refractivity contribution in [3.63, 3.8) is 0 Å². The molecule has 2 aromatic rings. The molecule has 1 aliphatic heterocycles. The first-order chi connectivity index (χ1) is 16.0. The minimum absolute atomic E-state index is 0.0575. The smallest absolute Gasteiger partial charge is 0.251 e. The molecule has 1 aliphatic rings. The summed E-state index contributed by atoms with van der Waals surface area (Å²) in [6.45, 7) is 10.7. The van der Waals surface area contributed by atoms with E-state index in [-0.39, 0.29) is 17.7 Å². The van der Waals surface area contributed by atoms with E-state index < -0.39 is 10.0 Å². The zero-order valence-electron chi connectivity index (χ0n) is 21.1. The van der Waals surface area contributed by atoms with E-state index in [2.05, 4.69) is 30.1 Å². The molecule has 8 heteroatoms. The number of carbonyl (C=O) groups is 1. The number of piperazine rings is 1. The molecule has 1 atom stereocenters. The van der Waals surface area contributed by atoms with E-state index in [1.807, 2.05) is 27.0 Å². The molecule has 1 amide bonds. The predicted octanol–water partition coefficient (Wildman–Crippen LogP) is 3.70. The molecule has 7 nitrogen and oxygen atoms in total. The van der Waals surface area contributed by atoms with Crippen LogP contribution in [0.2, 0.25) is 0 Å². The minimum Gasteiger partial charge on any atom is -0.496 e. The van der Waals surface area contributed by atoms with Crippen LogP contribution in [0.5, 0.6) is 5.75 Å². The Morgan fingerprint density at radius 3 is 2.21 bits per heavy atom. The summed E-state index contributed by atoms with van der Waals surface area (Å²) in [6, 6.07) is 10.8. The van der Waals surface area contributed by atoms with Crippen molar-refractivity contribution in [2.45, 2.75) is 45.4 Å². The van der Waals surface area contributed by atoms with Crippen LogP contribution in [0.4, 0.5) is 0 Å². The Balaban J connectivity index is 1.67. The van der Waals surface area contributed by atoms with E-state index in [9.17, 15) is 13.2 Å². The fourth-order valence-electron chi connectivity index (χ4n) is 4.29. The largest absolute Gasteiger partial charge is 0.496 e. The molecule has 0 unspecified atom stereocenters. The van der Waals surface area contributed by atoms with Gasteiger partial charge in [0.1, 0.15) is 5.75 Å². The van der Waals surface area contributed by atoms with Crippen molar-refractivity contribution in [2.75, 3.05) is 40.3 Å². The van der Waals surface area contributed by atoms with Crippen LogP contribution in [0, 0.1) is 6.92 Å². The molecule has 1 N–H and O–H groups in total. The van der Waals surface area contributed by atoms with Crippen LogP contribution in [-0.2, 0) is 15.8 Å². The normalized spacial score (nSPS) is 16.4. The van der Waals surface area contributed by atoms with Gasteiger partial charge in [0.2, 0.25) is 10.0 Å². The summed E-state index contributed by atoms with van der Waals surface area (Å²) in [5.74, 6) is 0.906. The SMILES string of the molecule is COc1cc(C)c([C@H](C)NC(=O)c2ccc(CS(=O)(=O)N3CCN(C)CC3)cc2)cc1C(C)C. The van der Waals surface area contributed by atoms with Gasteiger partial charge in [-0.25, -0.2) is 8.42 Å². The minimum atomic E-state index is -3.37. The lowest BCUT2D eigenvalue weighted by atomic mass is 9.93. The molecule has 0 spiro atoms. The summed E-state index contributed by atoms with van der Waals surface area (Å²) in [5.41, 5.74) is 4.39.